The van der Waals surface area contributed by atoms with Crippen molar-refractivity contribution >= 4 is 6.09 Å². The SMILES string of the molecule is CC(C)(C)OC(=O)NC1C[C@@H]2C(N)[C@H]2C1. The Bertz CT molecular complexity index is 260. The summed E-state index contributed by atoms with van der Waals surface area (Å²) in [5.41, 5.74) is 5.41. The highest BCUT2D eigenvalue weighted by molar-refractivity contribution is 5.68. The van der Waals surface area contributed by atoms with E-state index in [1.54, 1.807) is 0 Å². The number of fused-ring (bicyclic) bond motifs is 1. The van der Waals surface area contributed by atoms with Crippen LogP contribution in [0, 0.1) is 11.8 Å². The second kappa shape index (κ2) is 3.37. The molecule has 15 heavy (non-hydrogen) atoms. The van der Waals surface area contributed by atoms with Crippen molar-refractivity contribution in [3.8, 4) is 0 Å². The molecule has 0 heterocycles. The molecule has 0 radical (unpaired) electrons. The molecule has 0 spiro atoms. The first-order valence-corrected chi connectivity index (χ1v) is 5.62. The minimum atomic E-state index is -0.415. The molecular weight excluding hydrogens is 192 g/mol. The number of nitrogens with one attached hydrogen (secondary N) is 1. The topological polar surface area (TPSA) is 64.3 Å². The maximum Gasteiger partial charge on any atom is 0.407 e. The molecule has 0 unspecified atom stereocenters. The lowest BCUT2D eigenvalue weighted by atomic mass is 10.1. The van der Waals surface area contributed by atoms with Gasteiger partial charge in [-0.1, -0.05) is 0 Å². The van der Waals surface area contributed by atoms with Crippen LogP contribution >= 0.6 is 0 Å². The van der Waals surface area contributed by atoms with E-state index in [0.717, 1.165) is 12.8 Å². The third-order valence-electron chi connectivity index (χ3n) is 3.23. The summed E-state index contributed by atoms with van der Waals surface area (Å²) in [4.78, 5) is 11.5. The fourth-order valence-electron chi connectivity index (χ4n) is 2.48. The summed E-state index contributed by atoms with van der Waals surface area (Å²) in [7, 11) is 0. The Morgan fingerprint density at radius 3 is 2.33 bits per heavy atom. The molecule has 0 saturated heterocycles. The van der Waals surface area contributed by atoms with Gasteiger partial charge in [0.2, 0.25) is 0 Å². The van der Waals surface area contributed by atoms with Gasteiger partial charge < -0.3 is 15.8 Å². The molecule has 0 aromatic heterocycles. The van der Waals surface area contributed by atoms with Crippen LogP contribution in [0.4, 0.5) is 4.79 Å². The summed E-state index contributed by atoms with van der Waals surface area (Å²) in [5, 5.41) is 2.90. The maximum atomic E-state index is 11.5. The van der Waals surface area contributed by atoms with Gasteiger partial charge in [0.1, 0.15) is 5.60 Å². The second-order valence-corrected chi connectivity index (χ2v) is 5.72. The van der Waals surface area contributed by atoms with Gasteiger partial charge in [0.15, 0.2) is 0 Å². The van der Waals surface area contributed by atoms with Crippen LogP contribution in [0.15, 0.2) is 0 Å². The zero-order chi connectivity index (χ0) is 11.2. The summed E-state index contributed by atoms with van der Waals surface area (Å²) in [6, 6.07) is 0.663. The molecule has 2 atom stereocenters. The molecular formula is C11H20N2O2. The van der Waals surface area contributed by atoms with Gasteiger partial charge in [-0.15, -0.1) is 0 Å². The van der Waals surface area contributed by atoms with Gasteiger partial charge in [0.05, 0.1) is 0 Å². The normalized spacial score (nSPS) is 34.8. The van der Waals surface area contributed by atoms with Gasteiger partial charge in [0, 0.05) is 12.1 Å². The molecule has 2 rings (SSSR count). The van der Waals surface area contributed by atoms with Crippen molar-refractivity contribution in [2.75, 3.05) is 0 Å². The quantitative estimate of drug-likeness (QED) is 0.687. The Morgan fingerprint density at radius 1 is 1.33 bits per heavy atom. The minimum Gasteiger partial charge on any atom is -0.444 e. The number of amides is 1. The zero-order valence-corrected chi connectivity index (χ0v) is 9.62. The molecule has 4 nitrogen and oxygen atoms in total. The van der Waals surface area contributed by atoms with Crippen LogP contribution in [0.2, 0.25) is 0 Å². The molecule has 0 aromatic carbocycles. The van der Waals surface area contributed by atoms with Crippen LogP contribution < -0.4 is 11.1 Å². The van der Waals surface area contributed by atoms with E-state index in [0.29, 0.717) is 17.9 Å². The third kappa shape index (κ3) is 2.43. The number of ether oxygens (including phenoxy) is 1. The van der Waals surface area contributed by atoms with E-state index in [1.165, 1.54) is 0 Å². The van der Waals surface area contributed by atoms with Crippen molar-refractivity contribution in [3.63, 3.8) is 0 Å². The van der Waals surface area contributed by atoms with E-state index < -0.39 is 5.60 Å². The van der Waals surface area contributed by atoms with Crippen molar-refractivity contribution in [2.45, 2.75) is 51.3 Å². The monoisotopic (exact) mass is 212 g/mol. The molecule has 2 fully saturated rings. The van der Waals surface area contributed by atoms with Gasteiger partial charge in [-0.25, -0.2) is 4.79 Å². The first-order valence-electron chi connectivity index (χ1n) is 5.62. The van der Waals surface area contributed by atoms with Crippen LogP contribution in [0.5, 0.6) is 0 Å². The smallest absolute Gasteiger partial charge is 0.407 e. The highest BCUT2D eigenvalue weighted by atomic mass is 16.6. The number of rotatable bonds is 1. The lowest BCUT2D eigenvalue weighted by molar-refractivity contribution is 0.0502. The summed E-state index contributed by atoms with van der Waals surface area (Å²) in [6.45, 7) is 5.61. The molecule has 0 aliphatic heterocycles. The summed E-state index contributed by atoms with van der Waals surface area (Å²) >= 11 is 0. The Kier molecular flexibility index (Phi) is 2.41. The third-order valence-corrected chi connectivity index (χ3v) is 3.23. The van der Waals surface area contributed by atoms with E-state index in [1.807, 2.05) is 20.8 Å². The highest BCUT2D eigenvalue weighted by Gasteiger charge is 2.54. The van der Waals surface area contributed by atoms with Gasteiger partial charge in [-0.2, -0.15) is 0 Å². The van der Waals surface area contributed by atoms with E-state index in [4.69, 9.17) is 10.5 Å². The number of nitrogens with two attached hydrogens (primary N) is 1. The van der Waals surface area contributed by atoms with Crippen LogP contribution in [-0.2, 0) is 4.74 Å². The summed E-state index contributed by atoms with van der Waals surface area (Å²) in [5.74, 6) is 1.29. The maximum absolute atomic E-state index is 11.5. The lowest BCUT2D eigenvalue weighted by Gasteiger charge is -2.22. The van der Waals surface area contributed by atoms with Crippen molar-refractivity contribution in [2.24, 2.45) is 17.6 Å². The minimum absolute atomic E-state index is 0.273. The Hall–Kier alpha value is -0.770. The predicted molar refractivity (Wildman–Crippen MR) is 57.3 cm³/mol. The molecule has 4 heteroatoms. The summed E-state index contributed by atoms with van der Waals surface area (Å²) in [6.07, 6.45) is 1.73. The fourth-order valence-corrected chi connectivity index (χ4v) is 2.48. The number of carbonyl (C=O) groups excluding carboxylic acids is 1. The van der Waals surface area contributed by atoms with Crippen LogP contribution in [0.25, 0.3) is 0 Å². The molecule has 3 N–H and O–H groups in total. The molecule has 2 aliphatic carbocycles. The van der Waals surface area contributed by atoms with Crippen molar-refractivity contribution in [1.82, 2.24) is 5.32 Å². The Labute approximate surface area is 90.5 Å². The first kappa shape index (κ1) is 10.7. The van der Waals surface area contributed by atoms with E-state index in [2.05, 4.69) is 5.32 Å². The van der Waals surface area contributed by atoms with Crippen LogP contribution in [0.1, 0.15) is 33.6 Å². The number of hydrogen-bond donors (Lipinski definition) is 2. The molecule has 0 aromatic rings. The van der Waals surface area contributed by atoms with Gasteiger partial charge in [0.25, 0.3) is 0 Å². The fraction of sp³-hybridized carbons (Fsp3) is 0.909. The largest absolute Gasteiger partial charge is 0.444 e. The predicted octanol–water partition coefficient (Wildman–Crippen LogP) is 1.25. The van der Waals surface area contributed by atoms with E-state index in [9.17, 15) is 4.79 Å². The Morgan fingerprint density at radius 2 is 1.87 bits per heavy atom. The van der Waals surface area contributed by atoms with Gasteiger partial charge >= 0.3 is 6.09 Å². The molecule has 1 amide bonds. The number of hydrogen-bond acceptors (Lipinski definition) is 3. The van der Waals surface area contributed by atoms with Crippen LogP contribution in [-0.4, -0.2) is 23.8 Å². The molecule has 2 aliphatic rings. The molecule has 0 bridgehead atoms. The van der Waals surface area contributed by atoms with Gasteiger partial charge in [-0.3, -0.25) is 0 Å². The Balaban J connectivity index is 1.72. The molecule has 2 saturated carbocycles. The second-order valence-electron chi connectivity index (χ2n) is 5.72. The molecule has 86 valence electrons. The van der Waals surface area contributed by atoms with E-state index in [-0.39, 0.29) is 12.1 Å². The summed E-state index contributed by atoms with van der Waals surface area (Å²) < 4.78 is 5.20. The lowest BCUT2D eigenvalue weighted by Crippen LogP contribution is -2.39. The van der Waals surface area contributed by atoms with Crippen LogP contribution in [0.3, 0.4) is 0 Å². The van der Waals surface area contributed by atoms with E-state index >= 15 is 0 Å². The van der Waals surface area contributed by atoms with Crippen molar-refractivity contribution in [3.05, 3.63) is 0 Å². The first-order chi connectivity index (χ1) is 6.87. The average molecular weight is 212 g/mol. The highest BCUT2D eigenvalue weighted by Crippen LogP contribution is 2.50. The van der Waals surface area contributed by atoms with Crippen molar-refractivity contribution < 1.29 is 9.53 Å². The van der Waals surface area contributed by atoms with Crippen molar-refractivity contribution in [1.29, 1.82) is 0 Å². The number of alkyl carbamates (subject to hydrolysis) is 1. The zero-order valence-electron chi connectivity index (χ0n) is 9.62. The van der Waals surface area contributed by atoms with Gasteiger partial charge in [-0.05, 0) is 45.4 Å². The average Bonchev–Trinajstić information content (AvgIpc) is 2.54. The number of carbonyl (C=O) groups is 1. The standard InChI is InChI=1S/C11H20N2O2/c1-11(2,3)15-10(14)13-6-4-7-8(5-6)9(7)12/h6-9H,4-5,12H2,1-3H3,(H,13,14)/t6?,7-,8-,9?/m0/s1.